The van der Waals surface area contributed by atoms with Crippen molar-refractivity contribution >= 4 is 17.7 Å². The van der Waals surface area contributed by atoms with Gasteiger partial charge in [0.1, 0.15) is 11.4 Å². The molecule has 0 aliphatic heterocycles. The number of ether oxygens (including phenoxy) is 1. The smallest absolute Gasteiger partial charge is 0.271 e. The van der Waals surface area contributed by atoms with Crippen molar-refractivity contribution in [1.29, 1.82) is 0 Å². The average molecular weight is 341 g/mol. The molecule has 0 bridgehead atoms. The topological polar surface area (TPSA) is 107 Å². The van der Waals surface area contributed by atoms with Gasteiger partial charge in [-0.15, -0.1) is 11.8 Å². The van der Waals surface area contributed by atoms with Crippen LogP contribution in [-0.2, 0) is 5.75 Å². The van der Waals surface area contributed by atoms with Gasteiger partial charge < -0.3 is 10.5 Å². The number of primary amides is 1. The summed E-state index contributed by atoms with van der Waals surface area (Å²) in [7, 11) is 1.62. The minimum absolute atomic E-state index is 0.114. The van der Waals surface area contributed by atoms with Crippen LogP contribution in [0.5, 0.6) is 5.75 Å². The van der Waals surface area contributed by atoms with Gasteiger partial charge in [0.15, 0.2) is 5.69 Å². The summed E-state index contributed by atoms with van der Waals surface area (Å²) in [6.07, 6.45) is 1.75. The highest BCUT2D eigenvalue weighted by Gasteiger charge is 2.16. The largest absolute Gasteiger partial charge is 0.496 e. The Bertz CT molecular complexity index is 851. The fourth-order valence-corrected chi connectivity index (χ4v) is 3.07. The van der Waals surface area contributed by atoms with E-state index in [2.05, 4.69) is 20.4 Å². The van der Waals surface area contributed by atoms with Gasteiger partial charge in [-0.05, 0) is 30.3 Å². The number of methoxy groups -OCH3 is 1. The predicted molar refractivity (Wildman–Crippen MR) is 90.7 cm³/mol. The van der Waals surface area contributed by atoms with Gasteiger partial charge in [-0.2, -0.15) is 15.4 Å². The van der Waals surface area contributed by atoms with Gasteiger partial charge in [-0.25, -0.2) is 4.98 Å². The minimum Gasteiger partial charge on any atom is -0.496 e. The Hall–Kier alpha value is -2.87. The van der Waals surface area contributed by atoms with Gasteiger partial charge >= 0.3 is 0 Å². The summed E-state index contributed by atoms with van der Waals surface area (Å²) < 4.78 is 5.41. The van der Waals surface area contributed by atoms with E-state index in [4.69, 9.17) is 10.5 Å². The van der Waals surface area contributed by atoms with Crippen LogP contribution in [0.4, 0.5) is 0 Å². The minimum atomic E-state index is -0.626. The van der Waals surface area contributed by atoms with Gasteiger partial charge in [0.05, 0.1) is 12.1 Å². The maximum Gasteiger partial charge on any atom is 0.271 e. The van der Waals surface area contributed by atoms with Crippen LogP contribution < -0.4 is 10.5 Å². The molecular formula is C16H15N5O2S. The highest BCUT2D eigenvalue weighted by atomic mass is 32.2. The molecule has 3 aromatic rings. The highest BCUT2D eigenvalue weighted by Crippen LogP contribution is 2.31. The molecule has 0 spiro atoms. The molecule has 0 fully saturated rings. The summed E-state index contributed by atoms with van der Waals surface area (Å²) in [5.41, 5.74) is 7.57. The summed E-state index contributed by atoms with van der Waals surface area (Å²) in [5.74, 6) is 0.794. The normalized spacial score (nSPS) is 10.5. The lowest BCUT2D eigenvalue weighted by Gasteiger charge is -2.10. The third kappa shape index (κ3) is 3.38. The van der Waals surface area contributed by atoms with E-state index < -0.39 is 5.91 Å². The second kappa shape index (κ2) is 7.14. The lowest BCUT2D eigenvalue weighted by molar-refractivity contribution is 0.0996. The number of carbonyl (C=O) groups excluding carboxylic acids is 1. The van der Waals surface area contributed by atoms with Crippen molar-refractivity contribution < 1.29 is 9.53 Å². The van der Waals surface area contributed by atoms with Crippen molar-refractivity contribution in [2.24, 2.45) is 5.73 Å². The SMILES string of the molecule is COc1ccc(-c2n[nH]nc2C(N)=O)cc1CSc1ccccn1. The molecule has 0 radical (unpaired) electrons. The number of rotatable bonds is 6. The molecule has 2 heterocycles. The van der Waals surface area contributed by atoms with Crippen LogP contribution in [0.2, 0.25) is 0 Å². The molecule has 24 heavy (non-hydrogen) atoms. The number of aromatic amines is 1. The molecule has 0 saturated carbocycles. The molecule has 3 rings (SSSR count). The number of nitrogens with zero attached hydrogens (tertiary/aromatic N) is 3. The first kappa shape index (κ1) is 16.0. The number of H-pyrrole nitrogens is 1. The number of amides is 1. The van der Waals surface area contributed by atoms with Crippen LogP contribution in [0, 0.1) is 0 Å². The van der Waals surface area contributed by atoms with Crippen molar-refractivity contribution in [2.45, 2.75) is 10.8 Å². The molecule has 3 N–H and O–H groups in total. The number of hydrogen-bond donors (Lipinski definition) is 2. The molecule has 122 valence electrons. The lowest BCUT2D eigenvalue weighted by atomic mass is 10.1. The second-order valence-corrected chi connectivity index (χ2v) is 5.86. The van der Waals surface area contributed by atoms with E-state index in [1.807, 2.05) is 36.4 Å². The molecule has 2 aromatic heterocycles. The Balaban J connectivity index is 1.90. The second-order valence-electron chi connectivity index (χ2n) is 4.87. The number of hydrogen-bond acceptors (Lipinski definition) is 6. The summed E-state index contributed by atoms with van der Waals surface area (Å²) >= 11 is 1.59. The third-order valence-corrected chi connectivity index (χ3v) is 4.34. The first-order valence-electron chi connectivity index (χ1n) is 7.10. The van der Waals surface area contributed by atoms with Crippen LogP contribution in [0.25, 0.3) is 11.3 Å². The molecule has 0 saturated heterocycles. The van der Waals surface area contributed by atoms with E-state index in [0.29, 0.717) is 11.4 Å². The van der Waals surface area contributed by atoms with Crippen molar-refractivity contribution in [3.05, 3.63) is 53.9 Å². The molecular weight excluding hydrogens is 326 g/mol. The summed E-state index contributed by atoms with van der Waals surface area (Å²) in [4.78, 5) is 15.7. The highest BCUT2D eigenvalue weighted by molar-refractivity contribution is 7.98. The zero-order valence-corrected chi connectivity index (χ0v) is 13.7. The maximum atomic E-state index is 11.4. The molecule has 1 aromatic carbocycles. The van der Waals surface area contributed by atoms with Gasteiger partial charge in [0.25, 0.3) is 5.91 Å². The maximum absolute atomic E-state index is 11.4. The van der Waals surface area contributed by atoms with Gasteiger partial charge in [-0.1, -0.05) is 6.07 Å². The van der Waals surface area contributed by atoms with E-state index in [1.54, 1.807) is 25.1 Å². The van der Waals surface area contributed by atoms with Crippen molar-refractivity contribution in [1.82, 2.24) is 20.4 Å². The molecule has 0 aliphatic carbocycles. The van der Waals surface area contributed by atoms with Crippen LogP contribution in [-0.4, -0.2) is 33.4 Å². The number of carbonyl (C=O) groups is 1. The van der Waals surface area contributed by atoms with Crippen LogP contribution in [0.1, 0.15) is 16.1 Å². The Labute approximate surface area is 142 Å². The predicted octanol–water partition coefficient (Wildman–Crippen LogP) is 2.27. The quantitative estimate of drug-likeness (QED) is 0.666. The molecule has 0 aliphatic rings. The van der Waals surface area contributed by atoms with Gasteiger partial charge in [-0.3, -0.25) is 4.79 Å². The van der Waals surface area contributed by atoms with Gasteiger partial charge in [0.2, 0.25) is 0 Å². The first-order valence-corrected chi connectivity index (χ1v) is 8.09. The van der Waals surface area contributed by atoms with Crippen molar-refractivity contribution in [3.63, 3.8) is 0 Å². The number of benzene rings is 1. The number of nitrogens with one attached hydrogen (secondary N) is 1. The summed E-state index contributed by atoms with van der Waals surface area (Å²) in [6, 6.07) is 11.3. The standard InChI is InChI=1S/C16H15N5O2S/c1-23-12-6-5-10(14-15(16(17)22)20-21-19-14)8-11(12)9-24-13-4-2-3-7-18-13/h2-8H,9H2,1H3,(H2,17,22)(H,19,20,21). The lowest BCUT2D eigenvalue weighted by Crippen LogP contribution is -2.12. The van der Waals surface area contributed by atoms with Crippen LogP contribution in [0.3, 0.4) is 0 Å². The Morgan fingerprint density at radius 3 is 2.88 bits per heavy atom. The van der Waals surface area contributed by atoms with Crippen molar-refractivity contribution in [3.8, 4) is 17.0 Å². The Morgan fingerprint density at radius 2 is 2.17 bits per heavy atom. The van der Waals surface area contributed by atoms with E-state index in [1.165, 1.54) is 0 Å². The fourth-order valence-electron chi connectivity index (χ4n) is 2.23. The van der Waals surface area contributed by atoms with Crippen LogP contribution >= 0.6 is 11.8 Å². The summed E-state index contributed by atoms with van der Waals surface area (Å²) in [5, 5.41) is 11.2. The monoisotopic (exact) mass is 341 g/mol. The summed E-state index contributed by atoms with van der Waals surface area (Å²) in [6.45, 7) is 0. The van der Waals surface area contributed by atoms with E-state index in [0.717, 1.165) is 21.9 Å². The number of thioether (sulfide) groups is 1. The van der Waals surface area contributed by atoms with E-state index in [-0.39, 0.29) is 5.69 Å². The Morgan fingerprint density at radius 1 is 1.29 bits per heavy atom. The Kier molecular flexibility index (Phi) is 4.76. The zero-order chi connectivity index (χ0) is 16.9. The zero-order valence-electron chi connectivity index (χ0n) is 12.9. The van der Waals surface area contributed by atoms with E-state index in [9.17, 15) is 4.79 Å². The molecule has 0 unspecified atom stereocenters. The number of pyridine rings is 1. The number of aromatic nitrogens is 4. The third-order valence-electron chi connectivity index (χ3n) is 3.35. The van der Waals surface area contributed by atoms with E-state index >= 15 is 0 Å². The molecule has 7 nitrogen and oxygen atoms in total. The average Bonchev–Trinajstić information content (AvgIpc) is 3.10. The first-order chi connectivity index (χ1) is 11.7. The van der Waals surface area contributed by atoms with Crippen molar-refractivity contribution in [2.75, 3.05) is 7.11 Å². The van der Waals surface area contributed by atoms with Crippen LogP contribution in [0.15, 0.2) is 47.6 Å². The molecule has 1 amide bonds. The number of nitrogens with two attached hydrogens (primary N) is 1. The molecule has 8 heteroatoms. The fraction of sp³-hybridized carbons (Fsp3) is 0.125. The molecule has 0 atom stereocenters. The van der Waals surface area contributed by atoms with Gasteiger partial charge in [0, 0.05) is 23.1 Å².